The third-order valence-electron chi connectivity index (χ3n) is 3.84. The summed E-state index contributed by atoms with van der Waals surface area (Å²) >= 11 is 0. The van der Waals surface area contributed by atoms with Crippen LogP contribution in [0.15, 0.2) is 23.0 Å². The van der Waals surface area contributed by atoms with Crippen molar-refractivity contribution in [1.82, 2.24) is 9.55 Å². The fourth-order valence-electron chi connectivity index (χ4n) is 2.81. The molecule has 1 fully saturated rings. The highest BCUT2D eigenvalue weighted by atomic mass is 16.3. The van der Waals surface area contributed by atoms with Crippen LogP contribution in [0.3, 0.4) is 0 Å². The van der Waals surface area contributed by atoms with Crippen LogP contribution in [0.1, 0.15) is 31.1 Å². The summed E-state index contributed by atoms with van der Waals surface area (Å²) in [5.41, 5.74) is -0.128. The molecule has 1 atom stereocenters. The maximum absolute atomic E-state index is 12.6. The van der Waals surface area contributed by atoms with Crippen LogP contribution < -0.4 is 5.56 Å². The molecule has 0 bridgehead atoms. The van der Waals surface area contributed by atoms with E-state index < -0.39 is 6.04 Å². The first kappa shape index (κ1) is 13.5. The minimum atomic E-state index is -0.644. The van der Waals surface area contributed by atoms with Gasteiger partial charge in [0.25, 0.3) is 5.56 Å². The summed E-state index contributed by atoms with van der Waals surface area (Å²) < 4.78 is 1.34. The minimum absolute atomic E-state index is 0.0648. The van der Waals surface area contributed by atoms with Crippen molar-refractivity contribution in [3.8, 4) is 5.75 Å². The van der Waals surface area contributed by atoms with Crippen LogP contribution in [0.4, 0.5) is 0 Å². The lowest BCUT2D eigenvalue weighted by molar-refractivity contribution is -0.132. The van der Waals surface area contributed by atoms with E-state index in [1.807, 2.05) is 0 Å². The van der Waals surface area contributed by atoms with Crippen molar-refractivity contribution in [2.45, 2.75) is 32.2 Å². The van der Waals surface area contributed by atoms with Crippen molar-refractivity contribution in [3.05, 3.63) is 34.4 Å². The van der Waals surface area contributed by atoms with Crippen LogP contribution in [0.2, 0.25) is 0 Å². The SMILES string of the molecule is Cc1nc2c(O)cccc2c(=O)n1C1CCC(=O)CC1=O. The molecule has 6 nitrogen and oxygen atoms in total. The molecule has 1 aromatic carbocycles. The Morgan fingerprint density at radius 3 is 2.76 bits per heavy atom. The first-order valence-electron chi connectivity index (χ1n) is 6.74. The molecule has 3 rings (SSSR count). The van der Waals surface area contributed by atoms with Gasteiger partial charge in [-0.15, -0.1) is 0 Å². The number of carbonyl (C=O) groups is 2. The summed E-state index contributed by atoms with van der Waals surface area (Å²) in [5.74, 6) is -0.0437. The lowest BCUT2D eigenvalue weighted by Gasteiger charge is -2.23. The Kier molecular flexibility index (Phi) is 3.08. The van der Waals surface area contributed by atoms with Gasteiger partial charge in [-0.1, -0.05) is 6.07 Å². The van der Waals surface area contributed by atoms with E-state index in [-0.39, 0.29) is 40.2 Å². The number of phenolic OH excluding ortho intramolecular Hbond substituents is 1. The molecule has 1 N–H and O–H groups in total. The Balaban J connectivity index is 2.22. The second-order valence-corrected chi connectivity index (χ2v) is 5.24. The number of ketones is 2. The minimum Gasteiger partial charge on any atom is -0.506 e. The van der Waals surface area contributed by atoms with Gasteiger partial charge in [0.1, 0.15) is 22.9 Å². The first-order chi connectivity index (χ1) is 9.99. The molecule has 0 radical (unpaired) electrons. The van der Waals surface area contributed by atoms with Gasteiger partial charge in [0.05, 0.1) is 17.8 Å². The molecule has 6 heteroatoms. The maximum atomic E-state index is 12.6. The monoisotopic (exact) mass is 286 g/mol. The highest BCUT2D eigenvalue weighted by molar-refractivity contribution is 6.03. The molecule has 0 amide bonds. The normalized spacial score (nSPS) is 19.2. The number of benzene rings is 1. The van der Waals surface area contributed by atoms with Crippen LogP contribution >= 0.6 is 0 Å². The van der Waals surface area contributed by atoms with Crippen molar-refractivity contribution in [2.24, 2.45) is 0 Å². The summed E-state index contributed by atoms with van der Waals surface area (Å²) in [7, 11) is 0. The number of fused-ring (bicyclic) bond motifs is 1. The highest BCUT2D eigenvalue weighted by Gasteiger charge is 2.30. The number of nitrogens with zero attached hydrogens (tertiary/aromatic N) is 2. The van der Waals surface area contributed by atoms with Crippen molar-refractivity contribution in [1.29, 1.82) is 0 Å². The van der Waals surface area contributed by atoms with Crippen molar-refractivity contribution < 1.29 is 14.7 Å². The standard InChI is InChI=1S/C15H14N2O4/c1-8-16-14-10(3-2-4-12(14)19)15(21)17(8)11-6-5-9(18)7-13(11)20/h2-4,11,19H,5-7H2,1H3. The largest absolute Gasteiger partial charge is 0.506 e. The number of phenols is 1. The van der Waals surface area contributed by atoms with E-state index in [1.165, 1.54) is 10.6 Å². The molecule has 2 aromatic rings. The molecule has 1 heterocycles. The van der Waals surface area contributed by atoms with E-state index >= 15 is 0 Å². The van der Waals surface area contributed by atoms with E-state index in [0.717, 1.165) is 0 Å². The summed E-state index contributed by atoms with van der Waals surface area (Å²) in [6.07, 6.45) is 0.486. The second kappa shape index (κ2) is 4.80. The quantitative estimate of drug-likeness (QED) is 0.797. The zero-order valence-corrected chi connectivity index (χ0v) is 11.5. The van der Waals surface area contributed by atoms with Gasteiger partial charge in [0.15, 0.2) is 5.78 Å². The molecular formula is C15H14N2O4. The second-order valence-electron chi connectivity index (χ2n) is 5.24. The molecule has 0 spiro atoms. The number of hydrogen-bond acceptors (Lipinski definition) is 5. The Hall–Kier alpha value is -2.50. The van der Waals surface area contributed by atoms with Crippen LogP contribution in [0, 0.1) is 6.92 Å². The Labute approximate surface area is 120 Å². The third kappa shape index (κ3) is 2.12. The van der Waals surface area contributed by atoms with E-state index in [1.54, 1.807) is 19.1 Å². The predicted molar refractivity (Wildman–Crippen MR) is 75.3 cm³/mol. The van der Waals surface area contributed by atoms with Crippen LogP contribution in [-0.2, 0) is 9.59 Å². The fraction of sp³-hybridized carbons (Fsp3) is 0.333. The van der Waals surface area contributed by atoms with Crippen molar-refractivity contribution >= 4 is 22.5 Å². The Morgan fingerprint density at radius 2 is 2.05 bits per heavy atom. The van der Waals surface area contributed by atoms with E-state index in [9.17, 15) is 19.5 Å². The highest BCUT2D eigenvalue weighted by Crippen LogP contribution is 2.25. The molecule has 1 saturated carbocycles. The summed E-state index contributed by atoms with van der Waals surface area (Å²) in [5, 5.41) is 10.1. The summed E-state index contributed by atoms with van der Waals surface area (Å²) in [6, 6.07) is 3.95. The lowest BCUT2D eigenvalue weighted by Crippen LogP contribution is -2.36. The Morgan fingerprint density at radius 1 is 1.29 bits per heavy atom. The number of hydrogen-bond donors (Lipinski definition) is 1. The van der Waals surface area contributed by atoms with Crippen molar-refractivity contribution in [3.63, 3.8) is 0 Å². The van der Waals surface area contributed by atoms with Gasteiger partial charge in [-0.3, -0.25) is 19.0 Å². The number of para-hydroxylation sites is 1. The number of carbonyl (C=O) groups excluding carboxylic acids is 2. The molecule has 1 aromatic heterocycles. The zero-order valence-electron chi connectivity index (χ0n) is 11.5. The van der Waals surface area contributed by atoms with Crippen LogP contribution in [0.5, 0.6) is 5.75 Å². The zero-order chi connectivity index (χ0) is 15.1. The van der Waals surface area contributed by atoms with E-state index in [2.05, 4.69) is 4.98 Å². The molecule has 0 saturated heterocycles. The average molecular weight is 286 g/mol. The summed E-state index contributed by atoms with van der Waals surface area (Å²) in [4.78, 5) is 40.2. The molecule has 0 aliphatic heterocycles. The molecule has 108 valence electrons. The van der Waals surface area contributed by atoms with Crippen molar-refractivity contribution in [2.75, 3.05) is 0 Å². The van der Waals surface area contributed by atoms with Gasteiger partial charge in [-0.25, -0.2) is 4.98 Å². The topological polar surface area (TPSA) is 89.3 Å². The van der Waals surface area contributed by atoms with Crippen LogP contribution in [-0.4, -0.2) is 26.2 Å². The predicted octanol–water partition coefficient (Wildman–Crippen LogP) is 1.27. The van der Waals surface area contributed by atoms with E-state index in [0.29, 0.717) is 18.7 Å². The lowest BCUT2D eigenvalue weighted by atomic mass is 9.92. The molecule has 21 heavy (non-hydrogen) atoms. The number of rotatable bonds is 1. The van der Waals surface area contributed by atoms with Gasteiger partial charge in [-0.2, -0.15) is 0 Å². The average Bonchev–Trinajstić information content (AvgIpc) is 2.42. The molecule has 1 aliphatic rings. The molecule has 1 aliphatic carbocycles. The molecule has 1 unspecified atom stereocenters. The Bertz CT molecular complexity index is 822. The number of aromatic hydroxyl groups is 1. The van der Waals surface area contributed by atoms with Gasteiger partial charge >= 0.3 is 0 Å². The van der Waals surface area contributed by atoms with Gasteiger partial charge < -0.3 is 5.11 Å². The number of aromatic nitrogens is 2. The smallest absolute Gasteiger partial charge is 0.262 e. The molecular weight excluding hydrogens is 272 g/mol. The number of Topliss-reactive ketones (excluding diaryl/α,β-unsaturated/α-hetero) is 2. The van der Waals surface area contributed by atoms with Gasteiger partial charge in [-0.05, 0) is 25.5 Å². The van der Waals surface area contributed by atoms with Gasteiger partial charge in [0.2, 0.25) is 0 Å². The third-order valence-corrected chi connectivity index (χ3v) is 3.84. The number of aryl methyl sites for hydroxylation is 1. The first-order valence-corrected chi connectivity index (χ1v) is 6.74. The van der Waals surface area contributed by atoms with Crippen LogP contribution in [0.25, 0.3) is 10.9 Å². The maximum Gasteiger partial charge on any atom is 0.262 e. The van der Waals surface area contributed by atoms with Gasteiger partial charge in [0, 0.05) is 6.42 Å². The van der Waals surface area contributed by atoms with E-state index in [4.69, 9.17) is 0 Å². The summed E-state index contributed by atoms with van der Waals surface area (Å²) in [6.45, 7) is 1.62. The fourth-order valence-corrected chi connectivity index (χ4v) is 2.81.